The molecule has 0 unspecified atom stereocenters. The number of hydrazine groups is 1. The van der Waals surface area contributed by atoms with Gasteiger partial charge in [0.05, 0.1) is 0 Å². The molecule has 2 N–H and O–H groups in total. The van der Waals surface area contributed by atoms with Gasteiger partial charge in [-0.15, -0.1) is 0 Å². The van der Waals surface area contributed by atoms with E-state index >= 15 is 0 Å². The monoisotopic (exact) mass is 290 g/mol. The summed E-state index contributed by atoms with van der Waals surface area (Å²) >= 11 is 3.42. The van der Waals surface area contributed by atoms with Crippen molar-refractivity contribution in [2.24, 2.45) is 0 Å². The minimum absolute atomic E-state index is 0.305. The zero-order valence-electron chi connectivity index (χ0n) is 8.58. The van der Waals surface area contributed by atoms with E-state index in [-0.39, 0.29) is 11.8 Å². The van der Waals surface area contributed by atoms with Gasteiger partial charge in [-0.25, -0.2) is 0 Å². The summed E-state index contributed by atoms with van der Waals surface area (Å²) in [5.74, 6) is -0.610. The van der Waals surface area contributed by atoms with Crippen molar-refractivity contribution in [1.29, 1.82) is 0 Å². The van der Waals surface area contributed by atoms with Gasteiger partial charge in [-0.2, -0.15) is 0 Å². The van der Waals surface area contributed by atoms with Crippen LogP contribution in [0.5, 0.6) is 0 Å². The lowest BCUT2D eigenvalue weighted by Crippen LogP contribution is -2.39. The highest BCUT2D eigenvalue weighted by molar-refractivity contribution is 9.10. The fourth-order valence-electron chi connectivity index (χ4n) is 2.00. The molecule has 2 amide bonds. The molecule has 0 saturated carbocycles. The second-order valence-electron chi connectivity index (χ2n) is 3.73. The van der Waals surface area contributed by atoms with E-state index in [2.05, 4.69) is 26.8 Å². The van der Waals surface area contributed by atoms with Gasteiger partial charge in [0, 0.05) is 21.0 Å². The minimum Gasteiger partial charge on any atom is -0.267 e. The number of amides is 2. The Morgan fingerprint density at radius 1 is 0.882 bits per heavy atom. The fourth-order valence-corrected chi connectivity index (χ4v) is 2.46. The molecule has 2 aromatic carbocycles. The topological polar surface area (TPSA) is 58.2 Å². The number of hydrogen-bond acceptors (Lipinski definition) is 2. The molecule has 1 aliphatic rings. The molecule has 0 aromatic heterocycles. The molecule has 17 heavy (non-hydrogen) atoms. The number of benzene rings is 2. The first-order valence-corrected chi connectivity index (χ1v) is 5.79. The predicted octanol–water partition coefficient (Wildman–Crippen LogP) is 1.99. The van der Waals surface area contributed by atoms with Gasteiger partial charge >= 0.3 is 0 Å². The molecule has 1 aliphatic heterocycles. The number of hydrogen-bond donors (Lipinski definition) is 2. The van der Waals surface area contributed by atoms with E-state index in [4.69, 9.17) is 0 Å². The summed E-state index contributed by atoms with van der Waals surface area (Å²) in [6, 6.07) is 8.87. The van der Waals surface area contributed by atoms with E-state index in [0.29, 0.717) is 16.5 Å². The first-order valence-electron chi connectivity index (χ1n) is 5.00. The lowest BCUT2D eigenvalue weighted by atomic mass is 9.99. The van der Waals surface area contributed by atoms with E-state index in [1.807, 2.05) is 6.07 Å². The molecule has 0 fully saturated rings. The standard InChI is InChI=1S/C12H7BrN2O2/c13-9-5-4-8-10-6(9)2-1-3-7(10)11(16)14-15-12(8)17/h1-5H,(H,14,16)(H,15,17). The SMILES string of the molecule is O=C1NNC(=O)c2ccc(Br)c3cccc1c23. The molecule has 0 aliphatic carbocycles. The Hall–Kier alpha value is -1.88. The molecular formula is C12H7BrN2O2. The Balaban J connectivity index is 2.53. The van der Waals surface area contributed by atoms with Crippen molar-refractivity contribution >= 4 is 38.5 Å². The quantitative estimate of drug-likeness (QED) is 0.780. The van der Waals surface area contributed by atoms with E-state index in [1.165, 1.54) is 0 Å². The summed E-state index contributed by atoms with van der Waals surface area (Å²) in [7, 11) is 0. The highest BCUT2D eigenvalue weighted by atomic mass is 79.9. The molecule has 0 atom stereocenters. The Kier molecular flexibility index (Phi) is 2.16. The third kappa shape index (κ3) is 1.43. The van der Waals surface area contributed by atoms with E-state index in [1.54, 1.807) is 24.3 Å². The molecule has 0 bridgehead atoms. The maximum Gasteiger partial charge on any atom is 0.270 e. The molecule has 0 saturated heterocycles. The largest absolute Gasteiger partial charge is 0.270 e. The van der Waals surface area contributed by atoms with Gasteiger partial charge in [-0.05, 0) is 23.6 Å². The van der Waals surface area contributed by atoms with Gasteiger partial charge in [0.1, 0.15) is 0 Å². The van der Waals surface area contributed by atoms with Gasteiger partial charge in [0.15, 0.2) is 0 Å². The zero-order chi connectivity index (χ0) is 12.0. The highest BCUT2D eigenvalue weighted by Gasteiger charge is 2.22. The van der Waals surface area contributed by atoms with Crippen LogP contribution >= 0.6 is 15.9 Å². The van der Waals surface area contributed by atoms with Crippen LogP contribution in [0.25, 0.3) is 10.8 Å². The fraction of sp³-hybridized carbons (Fsp3) is 0. The first kappa shape index (κ1) is 10.3. The molecule has 1 heterocycles. The van der Waals surface area contributed by atoms with Crippen LogP contribution in [0.2, 0.25) is 0 Å². The van der Waals surface area contributed by atoms with Crippen molar-refractivity contribution in [3.05, 3.63) is 45.9 Å². The molecule has 0 radical (unpaired) electrons. The van der Waals surface area contributed by atoms with Crippen molar-refractivity contribution < 1.29 is 9.59 Å². The predicted molar refractivity (Wildman–Crippen MR) is 66.6 cm³/mol. The molecule has 0 spiro atoms. The number of halogens is 1. The number of carbonyl (C=O) groups excluding carboxylic acids is 2. The van der Waals surface area contributed by atoms with Crippen LogP contribution in [0, 0.1) is 0 Å². The lowest BCUT2D eigenvalue weighted by molar-refractivity contribution is 0.0854. The van der Waals surface area contributed by atoms with Gasteiger partial charge in [-0.3, -0.25) is 20.4 Å². The van der Waals surface area contributed by atoms with Crippen LogP contribution < -0.4 is 10.9 Å². The van der Waals surface area contributed by atoms with E-state index in [9.17, 15) is 9.59 Å². The van der Waals surface area contributed by atoms with Crippen LogP contribution in [0.4, 0.5) is 0 Å². The number of nitrogens with one attached hydrogen (secondary N) is 2. The van der Waals surface area contributed by atoms with Crippen molar-refractivity contribution in [3.8, 4) is 0 Å². The summed E-state index contributed by atoms with van der Waals surface area (Å²) in [5.41, 5.74) is 5.73. The zero-order valence-corrected chi connectivity index (χ0v) is 10.2. The molecule has 84 valence electrons. The van der Waals surface area contributed by atoms with Crippen molar-refractivity contribution in [3.63, 3.8) is 0 Å². The van der Waals surface area contributed by atoms with Crippen LogP contribution in [0.1, 0.15) is 20.7 Å². The van der Waals surface area contributed by atoms with Gasteiger partial charge in [-0.1, -0.05) is 28.1 Å². The highest BCUT2D eigenvalue weighted by Crippen LogP contribution is 2.30. The summed E-state index contributed by atoms with van der Waals surface area (Å²) in [4.78, 5) is 23.6. The normalized spacial score (nSPS) is 14.2. The Morgan fingerprint density at radius 2 is 1.53 bits per heavy atom. The van der Waals surface area contributed by atoms with Crippen molar-refractivity contribution in [2.75, 3.05) is 0 Å². The first-order chi connectivity index (χ1) is 8.18. The van der Waals surface area contributed by atoms with Crippen molar-refractivity contribution in [2.45, 2.75) is 0 Å². The average molecular weight is 291 g/mol. The second-order valence-corrected chi connectivity index (χ2v) is 4.59. The van der Waals surface area contributed by atoms with Crippen LogP contribution in [0.3, 0.4) is 0 Å². The average Bonchev–Trinajstić information content (AvgIpc) is 2.46. The summed E-state index contributed by atoms with van der Waals surface area (Å²) in [5, 5.41) is 1.53. The number of rotatable bonds is 0. The Bertz CT molecular complexity index is 645. The van der Waals surface area contributed by atoms with Gasteiger partial charge in [0.25, 0.3) is 11.8 Å². The van der Waals surface area contributed by atoms with Crippen molar-refractivity contribution in [1.82, 2.24) is 10.9 Å². The Labute approximate surface area is 105 Å². The van der Waals surface area contributed by atoms with Gasteiger partial charge < -0.3 is 0 Å². The van der Waals surface area contributed by atoms with Gasteiger partial charge in [0.2, 0.25) is 0 Å². The summed E-state index contributed by atoms with van der Waals surface area (Å²) in [6.07, 6.45) is 0. The molecule has 4 nitrogen and oxygen atoms in total. The van der Waals surface area contributed by atoms with Crippen LogP contribution in [-0.4, -0.2) is 11.8 Å². The molecular weight excluding hydrogens is 284 g/mol. The smallest absolute Gasteiger partial charge is 0.267 e. The third-order valence-electron chi connectivity index (χ3n) is 2.77. The number of carbonyl (C=O) groups is 2. The maximum atomic E-state index is 11.8. The third-order valence-corrected chi connectivity index (χ3v) is 3.46. The van der Waals surface area contributed by atoms with E-state index in [0.717, 1.165) is 9.86 Å². The maximum absolute atomic E-state index is 11.8. The minimum atomic E-state index is -0.305. The van der Waals surface area contributed by atoms with Crippen LogP contribution in [-0.2, 0) is 0 Å². The summed E-state index contributed by atoms with van der Waals surface area (Å²) in [6.45, 7) is 0. The summed E-state index contributed by atoms with van der Waals surface area (Å²) < 4.78 is 0.862. The molecule has 5 heteroatoms. The Morgan fingerprint density at radius 3 is 2.24 bits per heavy atom. The molecule has 3 rings (SSSR count). The van der Waals surface area contributed by atoms with Crippen LogP contribution in [0.15, 0.2) is 34.8 Å². The lowest BCUT2D eigenvalue weighted by Gasteiger charge is -2.06. The van der Waals surface area contributed by atoms with E-state index < -0.39 is 0 Å². The second kappa shape index (κ2) is 3.56. The molecule has 2 aromatic rings.